The van der Waals surface area contributed by atoms with Crippen LogP contribution in [0, 0.1) is 5.92 Å². The van der Waals surface area contributed by atoms with E-state index in [1.807, 2.05) is 23.9 Å². The summed E-state index contributed by atoms with van der Waals surface area (Å²) in [4.78, 5) is 11.2. The third kappa shape index (κ3) is 1.41. The van der Waals surface area contributed by atoms with Crippen LogP contribution < -0.4 is 0 Å². The van der Waals surface area contributed by atoms with Gasteiger partial charge < -0.3 is 9.84 Å². The maximum Gasteiger partial charge on any atom is 0.335 e. The van der Waals surface area contributed by atoms with Crippen LogP contribution in [-0.2, 0) is 10.3 Å². The van der Waals surface area contributed by atoms with Gasteiger partial charge in [-0.25, -0.2) is 4.79 Å². The Morgan fingerprint density at radius 1 is 1.47 bits per heavy atom. The summed E-state index contributed by atoms with van der Waals surface area (Å²) < 4.78 is 6.12. The Balaban J connectivity index is 1.92. The van der Waals surface area contributed by atoms with Gasteiger partial charge in [-0.1, -0.05) is 12.1 Å². The van der Waals surface area contributed by atoms with E-state index in [4.69, 9.17) is 4.74 Å². The summed E-state index contributed by atoms with van der Waals surface area (Å²) in [5, 5.41) is 11.7. The molecule has 4 rings (SSSR count). The number of ether oxygens (including phenoxy) is 1. The smallest absolute Gasteiger partial charge is 0.335 e. The van der Waals surface area contributed by atoms with E-state index in [0.29, 0.717) is 16.7 Å². The molecule has 3 nitrogen and oxygen atoms in total. The van der Waals surface area contributed by atoms with Crippen LogP contribution >= 0.6 is 11.8 Å². The highest BCUT2D eigenvalue weighted by atomic mass is 32.2. The topological polar surface area (TPSA) is 46.5 Å². The lowest BCUT2D eigenvalue weighted by Crippen LogP contribution is -2.29. The number of benzene rings is 1. The first-order chi connectivity index (χ1) is 9.22. The number of carbonyl (C=O) groups is 1. The van der Waals surface area contributed by atoms with Crippen molar-refractivity contribution in [1.29, 1.82) is 0 Å². The molecule has 0 saturated carbocycles. The highest BCUT2D eigenvalue weighted by Gasteiger charge is 2.55. The van der Waals surface area contributed by atoms with Gasteiger partial charge in [0.05, 0.1) is 5.56 Å². The summed E-state index contributed by atoms with van der Waals surface area (Å²) in [6.07, 6.45) is 4.29. The van der Waals surface area contributed by atoms with Crippen molar-refractivity contribution in [3.05, 3.63) is 46.4 Å². The molecule has 19 heavy (non-hydrogen) atoms. The molecule has 1 aromatic carbocycles. The Morgan fingerprint density at radius 3 is 3.11 bits per heavy atom. The molecule has 4 heteroatoms. The minimum atomic E-state index is -0.865. The van der Waals surface area contributed by atoms with Gasteiger partial charge >= 0.3 is 5.97 Å². The van der Waals surface area contributed by atoms with E-state index < -0.39 is 5.97 Å². The highest BCUT2D eigenvalue weighted by Crippen LogP contribution is 2.62. The summed E-state index contributed by atoms with van der Waals surface area (Å²) in [5.74, 6) is -0.504. The van der Waals surface area contributed by atoms with Gasteiger partial charge in [-0.15, -0.1) is 11.8 Å². The number of fused-ring (bicyclic) bond motifs is 5. The van der Waals surface area contributed by atoms with Gasteiger partial charge in [0.25, 0.3) is 0 Å². The number of carboxylic acids is 1. The molecular weight excluding hydrogens is 260 g/mol. The first kappa shape index (κ1) is 11.6. The molecule has 1 spiro atoms. The Morgan fingerprint density at radius 2 is 2.37 bits per heavy atom. The van der Waals surface area contributed by atoms with Crippen molar-refractivity contribution in [3.8, 4) is 0 Å². The fourth-order valence-electron chi connectivity index (χ4n) is 3.69. The van der Waals surface area contributed by atoms with Crippen LogP contribution in [0.25, 0.3) is 0 Å². The third-order valence-corrected chi connectivity index (χ3v) is 5.65. The Kier molecular flexibility index (Phi) is 2.35. The molecule has 1 saturated heterocycles. The lowest BCUT2D eigenvalue weighted by Gasteiger charge is -2.29. The second kappa shape index (κ2) is 3.87. The molecular formula is C15H14O3S. The van der Waals surface area contributed by atoms with E-state index in [9.17, 15) is 9.90 Å². The van der Waals surface area contributed by atoms with E-state index in [1.165, 1.54) is 5.56 Å². The lowest BCUT2D eigenvalue weighted by atomic mass is 9.84. The van der Waals surface area contributed by atoms with Crippen molar-refractivity contribution in [2.24, 2.45) is 5.92 Å². The van der Waals surface area contributed by atoms with E-state index in [0.717, 1.165) is 25.0 Å². The van der Waals surface area contributed by atoms with Crippen LogP contribution in [0.2, 0.25) is 0 Å². The number of aromatic carboxylic acids is 1. The van der Waals surface area contributed by atoms with E-state index in [2.05, 4.69) is 11.5 Å². The molecule has 98 valence electrons. The molecule has 0 bridgehead atoms. The maximum atomic E-state index is 11.2. The number of thioether (sulfide) groups is 1. The van der Waals surface area contributed by atoms with E-state index in [-0.39, 0.29) is 5.60 Å². The Labute approximate surface area is 115 Å². The van der Waals surface area contributed by atoms with Gasteiger partial charge in [0.2, 0.25) is 0 Å². The Hall–Kier alpha value is -1.26. The monoisotopic (exact) mass is 274 g/mol. The first-order valence-electron chi connectivity index (χ1n) is 6.56. The zero-order valence-corrected chi connectivity index (χ0v) is 11.2. The second-order valence-electron chi connectivity index (χ2n) is 5.36. The molecule has 1 N–H and O–H groups in total. The molecule has 0 amide bonds. The number of hydrogen-bond acceptors (Lipinski definition) is 3. The van der Waals surface area contributed by atoms with Gasteiger partial charge in [-0.2, -0.15) is 0 Å². The predicted octanol–water partition coefficient (Wildman–Crippen LogP) is 3.32. The zero-order chi connectivity index (χ0) is 13.0. The van der Waals surface area contributed by atoms with Crippen molar-refractivity contribution < 1.29 is 14.6 Å². The molecule has 2 aliphatic heterocycles. The summed E-state index contributed by atoms with van der Waals surface area (Å²) >= 11 is 1.82. The average Bonchev–Trinajstić information content (AvgIpc) is 3.11. The molecule has 3 aliphatic rings. The van der Waals surface area contributed by atoms with Crippen molar-refractivity contribution >= 4 is 17.7 Å². The Bertz CT molecular complexity index is 587. The van der Waals surface area contributed by atoms with Crippen LogP contribution in [-0.4, -0.2) is 17.7 Å². The van der Waals surface area contributed by atoms with Crippen molar-refractivity contribution in [1.82, 2.24) is 0 Å². The van der Waals surface area contributed by atoms with Crippen LogP contribution in [0.1, 0.15) is 39.6 Å². The largest absolute Gasteiger partial charge is 0.478 e. The molecule has 1 aliphatic carbocycles. The number of hydrogen-bond donors (Lipinski definition) is 1. The van der Waals surface area contributed by atoms with Crippen molar-refractivity contribution in [2.45, 2.75) is 23.7 Å². The van der Waals surface area contributed by atoms with Gasteiger partial charge in [-0.3, -0.25) is 0 Å². The van der Waals surface area contributed by atoms with Gasteiger partial charge in [0, 0.05) is 17.8 Å². The van der Waals surface area contributed by atoms with Crippen molar-refractivity contribution in [2.75, 3.05) is 6.61 Å². The van der Waals surface area contributed by atoms with Crippen LogP contribution in [0.3, 0.4) is 0 Å². The molecule has 3 unspecified atom stereocenters. The fourth-order valence-corrected chi connectivity index (χ4v) is 4.95. The summed E-state index contributed by atoms with van der Waals surface area (Å²) in [7, 11) is 0. The first-order valence-corrected chi connectivity index (χ1v) is 7.50. The average molecular weight is 274 g/mol. The minimum Gasteiger partial charge on any atom is -0.478 e. The predicted molar refractivity (Wildman–Crippen MR) is 73.2 cm³/mol. The quantitative estimate of drug-likeness (QED) is 0.853. The summed E-state index contributed by atoms with van der Waals surface area (Å²) in [6.45, 7) is 0.776. The van der Waals surface area contributed by atoms with Gasteiger partial charge in [0.1, 0.15) is 5.60 Å². The summed E-state index contributed by atoms with van der Waals surface area (Å²) in [5.41, 5.74) is 2.46. The fraction of sp³-hybridized carbons (Fsp3) is 0.400. The van der Waals surface area contributed by atoms with Crippen LogP contribution in [0.5, 0.6) is 0 Å². The standard InChI is InChI=1S/C15H14O3S/c16-14(17)9-2-3-10-12(8-9)15(5-1-6-18-15)11-4-7-19-13(10)11/h2-4,7-8,11,13H,1,5-6H2,(H,16,17). The second-order valence-corrected chi connectivity index (χ2v) is 6.41. The van der Waals surface area contributed by atoms with Crippen molar-refractivity contribution in [3.63, 3.8) is 0 Å². The van der Waals surface area contributed by atoms with Gasteiger partial charge in [-0.05, 0) is 41.5 Å². The molecule has 2 heterocycles. The number of rotatable bonds is 1. The third-order valence-electron chi connectivity index (χ3n) is 4.49. The molecule has 3 atom stereocenters. The molecule has 0 radical (unpaired) electrons. The molecule has 1 fully saturated rings. The molecule has 1 aromatic rings. The van der Waals surface area contributed by atoms with Crippen LogP contribution in [0.4, 0.5) is 0 Å². The minimum absolute atomic E-state index is 0.272. The van der Waals surface area contributed by atoms with E-state index >= 15 is 0 Å². The summed E-state index contributed by atoms with van der Waals surface area (Å²) in [6, 6.07) is 5.52. The van der Waals surface area contributed by atoms with Gasteiger partial charge in [0.15, 0.2) is 0 Å². The number of carboxylic acid groups (broad SMARTS) is 1. The van der Waals surface area contributed by atoms with Crippen LogP contribution in [0.15, 0.2) is 29.7 Å². The van der Waals surface area contributed by atoms with E-state index in [1.54, 1.807) is 6.07 Å². The highest BCUT2D eigenvalue weighted by molar-refractivity contribution is 8.02. The SMILES string of the molecule is O=C(O)c1ccc2c(c1)C1(CCCO1)C1C=CSC21. The maximum absolute atomic E-state index is 11.2. The lowest BCUT2D eigenvalue weighted by molar-refractivity contribution is -0.0240. The molecule has 0 aromatic heterocycles. The normalized spacial score (nSPS) is 34.7. The zero-order valence-electron chi connectivity index (χ0n) is 10.3.